The summed E-state index contributed by atoms with van der Waals surface area (Å²) in [6.45, 7) is 4.11. The van der Waals surface area contributed by atoms with Crippen LogP contribution in [0.2, 0.25) is 0 Å². The minimum atomic E-state index is -4.65. The van der Waals surface area contributed by atoms with Crippen molar-refractivity contribution in [2.24, 2.45) is 0 Å². The van der Waals surface area contributed by atoms with Crippen LogP contribution in [0.15, 0.2) is 134 Å². The number of phosphoric ester groups is 1. The summed E-state index contributed by atoms with van der Waals surface area (Å²) in [5, 5.41) is 0. The third kappa shape index (κ3) is 65.3. The Kier molecular flexibility index (Phi) is 58.8. The molecule has 0 amide bonds. The molecule has 9 nitrogen and oxygen atoms in total. The maximum Gasteiger partial charge on any atom is 0.306 e. The molecule has 0 radical (unpaired) electrons. The minimum Gasteiger partial charge on any atom is -0.756 e. The molecule has 0 saturated carbocycles. The smallest absolute Gasteiger partial charge is 0.306 e. The van der Waals surface area contributed by atoms with Crippen molar-refractivity contribution >= 4 is 19.8 Å². The van der Waals surface area contributed by atoms with Crippen LogP contribution >= 0.6 is 7.82 Å². The van der Waals surface area contributed by atoms with E-state index in [2.05, 4.69) is 148 Å². The summed E-state index contributed by atoms with van der Waals surface area (Å²) in [6, 6.07) is 0. The summed E-state index contributed by atoms with van der Waals surface area (Å²) in [5.41, 5.74) is 0. The first-order valence-electron chi connectivity index (χ1n) is 32.9. The SMILES string of the molecule is CC/C=C\C/C=C\C/C=C\C/C=C\C/C=C\C/C=C\C/C=C\C/C=C\C/C=C\C/C=C\CCCCCCCCC(=O)OC(COC(=O)CCCCCCCCCCC/C=C\CCCCCCCCCC)COP(=O)([O-])OCC[N+](C)(C)C. The van der Waals surface area contributed by atoms with E-state index in [1.54, 1.807) is 0 Å². The second kappa shape index (κ2) is 61.7. The molecule has 2 unspecified atom stereocenters. The molecule has 0 bridgehead atoms. The zero-order chi connectivity index (χ0) is 59.8. The second-order valence-corrected chi connectivity index (χ2v) is 24.2. The average molecular weight is 1160 g/mol. The van der Waals surface area contributed by atoms with Crippen LogP contribution in [0.4, 0.5) is 0 Å². The molecule has 10 heteroatoms. The number of hydrogen-bond donors (Lipinski definition) is 0. The molecule has 0 aromatic rings. The van der Waals surface area contributed by atoms with Gasteiger partial charge in [-0.15, -0.1) is 0 Å². The van der Waals surface area contributed by atoms with Crippen molar-refractivity contribution in [3.05, 3.63) is 134 Å². The van der Waals surface area contributed by atoms with E-state index in [4.69, 9.17) is 18.5 Å². The van der Waals surface area contributed by atoms with Gasteiger partial charge in [0.05, 0.1) is 27.7 Å². The van der Waals surface area contributed by atoms with Crippen LogP contribution in [0.25, 0.3) is 0 Å². The summed E-state index contributed by atoms with van der Waals surface area (Å²) in [7, 11) is 1.14. The number of esters is 2. The number of carbonyl (C=O) groups excluding carboxylic acids is 2. The highest BCUT2D eigenvalue weighted by molar-refractivity contribution is 7.45. The fourth-order valence-electron chi connectivity index (χ4n) is 8.62. The number of hydrogen-bond acceptors (Lipinski definition) is 8. The van der Waals surface area contributed by atoms with Gasteiger partial charge in [-0.2, -0.15) is 0 Å². The lowest BCUT2D eigenvalue weighted by molar-refractivity contribution is -0.870. The summed E-state index contributed by atoms with van der Waals surface area (Å²) in [4.78, 5) is 38.0. The van der Waals surface area contributed by atoms with Crippen molar-refractivity contribution in [1.29, 1.82) is 0 Å². The molecule has 0 saturated heterocycles. The number of unbranched alkanes of at least 4 members (excludes halogenated alkanes) is 23. The molecule has 0 aliphatic rings. The molecule has 0 aromatic carbocycles. The third-order valence-corrected chi connectivity index (χ3v) is 14.6. The Morgan fingerprint density at radius 1 is 0.390 bits per heavy atom. The largest absolute Gasteiger partial charge is 0.756 e. The maximum absolute atomic E-state index is 12.8. The number of carbonyl (C=O) groups is 2. The number of quaternary nitrogens is 1. The Morgan fingerprint density at radius 2 is 0.695 bits per heavy atom. The fraction of sp³-hybridized carbons (Fsp3) is 0.667. The normalized spacial score (nSPS) is 14.1. The maximum atomic E-state index is 12.8. The zero-order valence-electron chi connectivity index (χ0n) is 53.1. The van der Waals surface area contributed by atoms with E-state index in [-0.39, 0.29) is 26.1 Å². The van der Waals surface area contributed by atoms with Gasteiger partial charge in [-0.3, -0.25) is 14.2 Å². The number of rotatable bonds is 59. The Morgan fingerprint density at radius 3 is 1.05 bits per heavy atom. The van der Waals surface area contributed by atoms with Gasteiger partial charge in [0, 0.05) is 12.8 Å². The highest BCUT2D eigenvalue weighted by atomic mass is 31.2. The molecule has 0 rings (SSSR count). The quantitative estimate of drug-likeness (QED) is 0.0195. The molecule has 0 aliphatic carbocycles. The summed E-state index contributed by atoms with van der Waals surface area (Å²) in [6.07, 6.45) is 89.4. The molecule has 0 fully saturated rings. The van der Waals surface area contributed by atoms with Crippen LogP contribution < -0.4 is 4.89 Å². The minimum absolute atomic E-state index is 0.0405. The second-order valence-electron chi connectivity index (χ2n) is 22.7. The van der Waals surface area contributed by atoms with Crippen LogP contribution in [0.3, 0.4) is 0 Å². The first-order chi connectivity index (χ1) is 40.0. The molecular formula is C72H122NO8P. The number of phosphoric acid groups is 1. The molecular weight excluding hydrogens is 1040 g/mol. The number of ether oxygens (including phenoxy) is 2. The van der Waals surface area contributed by atoms with Gasteiger partial charge in [0.15, 0.2) is 6.10 Å². The third-order valence-electron chi connectivity index (χ3n) is 13.7. The predicted molar refractivity (Wildman–Crippen MR) is 351 cm³/mol. The van der Waals surface area contributed by atoms with Crippen molar-refractivity contribution in [3.63, 3.8) is 0 Å². The number of nitrogens with zero attached hydrogens (tertiary/aromatic N) is 1. The average Bonchev–Trinajstić information content (AvgIpc) is 3.46. The van der Waals surface area contributed by atoms with E-state index in [0.29, 0.717) is 17.4 Å². The van der Waals surface area contributed by atoms with Crippen LogP contribution in [-0.4, -0.2) is 70.0 Å². The van der Waals surface area contributed by atoms with Crippen molar-refractivity contribution in [1.82, 2.24) is 0 Å². The van der Waals surface area contributed by atoms with E-state index < -0.39 is 32.5 Å². The van der Waals surface area contributed by atoms with Gasteiger partial charge in [-0.25, -0.2) is 0 Å². The van der Waals surface area contributed by atoms with Gasteiger partial charge >= 0.3 is 11.9 Å². The topological polar surface area (TPSA) is 111 Å². The summed E-state index contributed by atoms with van der Waals surface area (Å²) in [5.74, 6) is -0.856. The predicted octanol–water partition coefficient (Wildman–Crippen LogP) is 20.6. The Labute approximate surface area is 504 Å². The molecule has 82 heavy (non-hydrogen) atoms. The van der Waals surface area contributed by atoms with Gasteiger partial charge in [0.1, 0.15) is 19.8 Å². The van der Waals surface area contributed by atoms with Crippen LogP contribution in [0, 0.1) is 0 Å². The van der Waals surface area contributed by atoms with E-state index in [9.17, 15) is 19.0 Å². The molecule has 2 atom stereocenters. The molecule has 0 aromatic heterocycles. The Bertz CT molecular complexity index is 1850. The standard InChI is InChI=1S/C72H122NO8P/c1-6-8-10-12-14-16-18-20-22-24-26-28-29-30-31-32-33-34-35-36-37-38-39-40-41-42-43-45-47-49-51-53-55-57-59-61-63-65-72(75)81-70(69-80-82(76,77)79-67-66-73(3,4)5)68-78-71(74)64-62-60-58-56-54-52-50-48-46-44-27-25-23-21-19-17-15-13-11-9-7-2/h8,10,14,16,20,22,25-28,30-31,33-34,36-37,39-40,42-43,47,49,70H,6-7,9,11-13,15,17-19,21,23-24,29,32,35,38,41,44-46,48,50-69H2,1-5H3/b10-8-,16-14-,22-20-,27-25-,28-26-,31-30-,34-33-,37-36-,40-39-,43-42-,49-47-. The van der Waals surface area contributed by atoms with Crippen LogP contribution in [-0.2, 0) is 32.7 Å². The van der Waals surface area contributed by atoms with Crippen LogP contribution in [0.5, 0.6) is 0 Å². The van der Waals surface area contributed by atoms with Crippen LogP contribution in [0.1, 0.15) is 258 Å². The fourth-order valence-corrected chi connectivity index (χ4v) is 9.35. The van der Waals surface area contributed by atoms with Crippen molar-refractivity contribution in [2.45, 2.75) is 264 Å². The zero-order valence-corrected chi connectivity index (χ0v) is 54.0. The highest BCUT2D eigenvalue weighted by Gasteiger charge is 2.22. The van der Waals surface area contributed by atoms with E-state index in [1.165, 1.54) is 96.3 Å². The lowest BCUT2D eigenvalue weighted by atomic mass is 10.1. The number of allylic oxidation sites excluding steroid dienone is 22. The molecule has 0 spiro atoms. The van der Waals surface area contributed by atoms with E-state index in [1.807, 2.05) is 21.1 Å². The first kappa shape index (κ1) is 78.1. The summed E-state index contributed by atoms with van der Waals surface area (Å²) >= 11 is 0. The monoisotopic (exact) mass is 1160 g/mol. The number of likely N-dealkylation sites (N-methyl/N-ethyl adjacent to an activating group) is 1. The summed E-state index contributed by atoms with van der Waals surface area (Å²) < 4.78 is 34.2. The first-order valence-corrected chi connectivity index (χ1v) is 34.4. The van der Waals surface area contributed by atoms with Gasteiger partial charge in [-0.1, -0.05) is 263 Å². The molecule has 0 N–H and O–H groups in total. The lowest BCUT2D eigenvalue weighted by Crippen LogP contribution is -2.37. The molecule has 0 heterocycles. The van der Waals surface area contributed by atoms with Gasteiger partial charge in [-0.05, 0) is 116 Å². The van der Waals surface area contributed by atoms with Gasteiger partial charge in [0.25, 0.3) is 7.82 Å². The molecule has 0 aliphatic heterocycles. The van der Waals surface area contributed by atoms with Gasteiger partial charge < -0.3 is 27.9 Å². The van der Waals surface area contributed by atoms with Crippen molar-refractivity contribution < 1.29 is 42.1 Å². The highest BCUT2D eigenvalue weighted by Crippen LogP contribution is 2.38. The Hall–Kier alpha value is -3.85. The lowest BCUT2D eigenvalue weighted by Gasteiger charge is -2.28. The van der Waals surface area contributed by atoms with Crippen molar-refractivity contribution in [3.8, 4) is 0 Å². The van der Waals surface area contributed by atoms with E-state index in [0.717, 1.165) is 128 Å². The van der Waals surface area contributed by atoms with E-state index >= 15 is 0 Å². The van der Waals surface area contributed by atoms with Crippen molar-refractivity contribution in [2.75, 3.05) is 47.5 Å². The Balaban J connectivity index is 4.18. The van der Waals surface area contributed by atoms with Gasteiger partial charge in [0.2, 0.25) is 0 Å². The molecule has 468 valence electrons.